The Morgan fingerprint density at radius 2 is 1.79 bits per heavy atom. The number of rotatable bonds is 0. The van der Waals surface area contributed by atoms with Gasteiger partial charge in [-0.2, -0.15) is 10.2 Å². The van der Waals surface area contributed by atoms with Crippen molar-refractivity contribution in [1.82, 2.24) is 15.2 Å². The number of nitrogens with zero attached hydrogens (tertiary/aromatic N) is 3. The quantitative estimate of drug-likeness (QED) is 0.639. The first-order chi connectivity index (χ1) is 6.77. The van der Waals surface area contributed by atoms with Gasteiger partial charge in [-0.25, -0.2) is 0 Å². The molecule has 0 amide bonds. The van der Waals surface area contributed by atoms with Gasteiger partial charge in [-0.3, -0.25) is 4.98 Å². The Labute approximate surface area is 84.2 Å². The first kappa shape index (κ1) is 10.6. The lowest BCUT2D eigenvalue weighted by Gasteiger charge is -1.98. The minimum Gasteiger partial charge on any atom is -0.254 e. The van der Waals surface area contributed by atoms with E-state index in [9.17, 15) is 0 Å². The van der Waals surface area contributed by atoms with Crippen molar-refractivity contribution in [2.24, 2.45) is 0 Å². The van der Waals surface area contributed by atoms with E-state index in [1.165, 1.54) is 0 Å². The van der Waals surface area contributed by atoms with E-state index >= 15 is 0 Å². The van der Waals surface area contributed by atoms with Crippen LogP contribution in [0.5, 0.6) is 0 Å². The van der Waals surface area contributed by atoms with Crippen molar-refractivity contribution < 1.29 is 0 Å². The van der Waals surface area contributed by atoms with Crippen molar-refractivity contribution in [1.29, 1.82) is 0 Å². The van der Waals surface area contributed by atoms with Crippen LogP contribution >= 0.6 is 0 Å². The molecule has 0 saturated heterocycles. The van der Waals surface area contributed by atoms with E-state index in [1.54, 1.807) is 6.20 Å². The molecule has 0 bridgehead atoms. The van der Waals surface area contributed by atoms with Crippen LogP contribution in [0.15, 0.2) is 18.5 Å². The second-order valence-electron chi connectivity index (χ2n) is 2.88. The van der Waals surface area contributed by atoms with Crippen LogP contribution in [-0.4, -0.2) is 15.2 Å². The van der Waals surface area contributed by atoms with Gasteiger partial charge in [0.1, 0.15) is 0 Å². The summed E-state index contributed by atoms with van der Waals surface area (Å²) in [6, 6.07) is 2.06. The Kier molecular flexibility index (Phi) is 3.51. The molecule has 0 aliphatic rings. The molecule has 2 heterocycles. The lowest BCUT2D eigenvalue weighted by atomic mass is 10.2. The monoisotopic (exact) mass is 189 g/mol. The van der Waals surface area contributed by atoms with Crippen LogP contribution in [0.3, 0.4) is 0 Å². The number of fused-ring (bicyclic) bond motifs is 1. The predicted molar refractivity (Wildman–Crippen MR) is 58.2 cm³/mol. The maximum atomic E-state index is 4.28. The molecule has 0 N–H and O–H groups in total. The molecular weight excluding hydrogens is 174 g/mol. The molecule has 0 fully saturated rings. The van der Waals surface area contributed by atoms with Crippen LogP contribution in [0.2, 0.25) is 0 Å². The molecule has 2 aromatic heterocycles. The average molecular weight is 189 g/mol. The Balaban J connectivity index is 0.000000461. The summed E-state index contributed by atoms with van der Waals surface area (Å²) in [6.07, 6.45) is 3.58. The fourth-order valence-electron chi connectivity index (χ4n) is 1.22. The van der Waals surface area contributed by atoms with E-state index in [0.717, 1.165) is 22.2 Å². The van der Waals surface area contributed by atoms with Gasteiger partial charge in [0.2, 0.25) is 0 Å². The van der Waals surface area contributed by atoms with Crippen LogP contribution in [0.1, 0.15) is 25.1 Å². The first-order valence-electron chi connectivity index (χ1n) is 4.82. The fraction of sp³-hybridized carbons (Fsp3) is 0.364. The van der Waals surface area contributed by atoms with Gasteiger partial charge >= 0.3 is 0 Å². The fourth-order valence-corrected chi connectivity index (χ4v) is 1.22. The zero-order chi connectivity index (χ0) is 10.6. The van der Waals surface area contributed by atoms with Gasteiger partial charge in [0.15, 0.2) is 0 Å². The third-order valence-corrected chi connectivity index (χ3v) is 1.80. The van der Waals surface area contributed by atoms with Gasteiger partial charge in [-0.05, 0) is 25.5 Å². The second-order valence-corrected chi connectivity index (χ2v) is 2.88. The standard InChI is InChI=1S/C9H9N3.C2H6/c1-6-3-8-5-11-12-7(2)9(8)10-4-6;1-2/h3-5H,1-2H3;1-2H3. The van der Waals surface area contributed by atoms with E-state index in [-0.39, 0.29) is 0 Å². The van der Waals surface area contributed by atoms with Gasteiger partial charge in [-0.15, -0.1) is 0 Å². The third-order valence-electron chi connectivity index (χ3n) is 1.80. The van der Waals surface area contributed by atoms with Gasteiger partial charge in [0.25, 0.3) is 0 Å². The summed E-state index contributed by atoms with van der Waals surface area (Å²) in [5.74, 6) is 0. The molecule has 2 aromatic rings. The second kappa shape index (κ2) is 4.65. The predicted octanol–water partition coefficient (Wildman–Crippen LogP) is 2.67. The molecule has 74 valence electrons. The highest BCUT2D eigenvalue weighted by Gasteiger charge is 1.98. The molecule has 14 heavy (non-hydrogen) atoms. The van der Waals surface area contributed by atoms with Crippen LogP contribution in [0.25, 0.3) is 10.9 Å². The van der Waals surface area contributed by atoms with E-state index in [0.29, 0.717) is 0 Å². The maximum Gasteiger partial charge on any atom is 0.0948 e. The van der Waals surface area contributed by atoms with Crippen molar-refractivity contribution in [3.8, 4) is 0 Å². The Bertz CT molecular complexity index is 424. The molecule has 3 heteroatoms. The summed E-state index contributed by atoms with van der Waals surface area (Å²) in [6.45, 7) is 7.93. The van der Waals surface area contributed by atoms with Crippen molar-refractivity contribution in [2.75, 3.05) is 0 Å². The summed E-state index contributed by atoms with van der Waals surface area (Å²) in [7, 11) is 0. The summed E-state index contributed by atoms with van der Waals surface area (Å²) >= 11 is 0. The maximum absolute atomic E-state index is 4.28. The summed E-state index contributed by atoms with van der Waals surface area (Å²) in [5.41, 5.74) is 2.97. The molecule has 0 atom stereocenters. The molecule has 0 aromatic carbocycles. The van der Waals surface area contributed by atoms with Crippen molar-refractivity contribution in [3.63, 3.8) is 0 Å². The molecule has 0 unspecified atom stereocenters. The van der Waals surface area contributed by atoms with Gasteiger partial charge in [-0.1, -0.05) is 13.8 Å². The number of hydrogen-bond donors (Lipinski definition) is 0. The van der Waals surface area contributed by atoms with Crippen molar-refractivity contribution in [3.05, 3.63) is 29.7 Å². The highest BCUT2D eigenvalue weighted by Crippen LogP contribution is 2.12. The summed E-state index contributed by atoms with van der Waals surface area (Å²) in [4.78, 5) is 4.28. The molecule has 0 spiro atoms. The zero-order valence-corrected chi connectivity index (χ0v) is 9.07. The average Bonchev–Trinajstić information content (AvgIpc) is 2.21. The van der Waals surface area contributed by atoms with Gasteiger partial charge < -0.3 is 0 Å². The van der Waals surface area contributed by atoms with Crippen molar-refractivity contribution >= 4 is 10.9 Å². The van der Waals surface area contributed by atoms with E-state index in [2.05, 4.69) is 21.2 Å². The lowest BCUT2D eigenvalue weighted by Crippen LogP contribution is -1.90. The molecule has 0 radical (unpaired) electrons. The number of aromatic nitrogens is 3. The molecular formula is C11H15N3. The number of hydrogen-bond acceptors (Lipinski definition) is 3. The largest absolute Gasteiger partial charge is 0.254 e. The van der Waals surface area contributed by atoms with Crippen LogP contribution < -0.4 is 0 Å². The lowest BCUT2D eigenvalue weighted by molar-refractivity contribution is 0.994. The SMILES string of the molecule is CC.Cc1cnc2c(C)nncc2c1. The van der Waals surface area contributed by atoms with Crippen LogP contribution in [0.4, 0.5) is 0 Å². The Morgan fingerprint density at radius 1 is 1.07 bits per heavy atom. The van der Waals surface area contributed by atoms with E-state index < -0.39 is 0 Å². The minimum absolute atomic E-state index is 0.882. The first-order valence-corrected chi connectivity index (χ1v) is 4.82. The third kappa shape index (κ3) is 2.05. The molecule has 3 nitrogen and oxygen atoms in total. The minimum atomic E-state index is 0.882. The smallest absolute Gasteiger partial charge is 0.0948 e. The Morgan fingerprint density at radius 3 is 2.50 bits per heavy atom. The Hall–Kier alpha value is -1.51. The van der Waals surface area contributed by atoms with Gasteiger partial charge in [0, 0.05) is 11.6 Å². The normalized spacial score (nSPS) is 9.43. The summed E-state index contributed by atoms with van der Waals surface area (Å²) in [5, 5.41) is 8.85. The highest BCUT2D eigenvalue weighted by atomic mass is 15.1. The van der Waals surface area contributed by atoms with E-state index in [1.807, 2.05) is 33.9 Å². The van der Waals surface area contributed by atoms with Crippen LogP contribution in [-0.2, 0) is 0 Å². The molecule has 0 aliphatic heterocycles. The zero-order valence-electron chi connectivity index (χ0n) is 9.07. The number of pyridine rings is 1. The molecule has 0 saturated carbocycles. The van der Waals surface area contributed by atoms with Gasteiger partial charge in [0.05, 0.1) is 17.4 Å². The topological polar surface area (TPSA) is 38.7 Å². The van der Waals surface area contributed by atoms with Crippen molar-refractivity contribution in [2.45, 2.75) is 27.7 Å². The number of aryl methyl sites for hydroxylation is 2. The highest BCUT2D eigenvalue weighted by molar-refractivity contribution is 5.79. The summed E-state index contributed by atoms with van der Waals surface area (Å²) < 4.78 is 0. The molecule has 0 aliphatic carbocycles. The van der Waals surface area contributed by atoms with E-state index in [4.69, 9.17) is 0 Å². The molecule has 2 rings (SSSR count). The van der Waals surface area contributed by atoms with Crippen LogP contribution in [0, 0.1) is 13.8 Å².